The zero-order valence-corrected chi connectivity index (χ0v) is 11.5. The monoisotopic (exact) mass is 265 g/mol. The fraction of sp³-hybridized carbons (Fsp3) is 0.188. The Bertz CT molecular complexity index is 789. The molecular formula is C16H15N3O. The van der Waals surface area contributed by atoms with Gasteiger partial charge < -0.3 is 0 Å². The summed E-state index contributed by atoms with van der Waals surface area (Å²) >= 11 is 0. The third-order valence-electron chi connectivity index (χ3n) is 3.35. The zero-order valence-electron chi connectivity index (χ0n) is 11.5. The Balaban J connectivity index is 2.07. The van der Waals surface area contributed by atoms with Crippen molar-refractivity contribution in [1.82, 2.24) is 14.8 Å². The second-order valence-corrected chi connectivity index (χ2v) is 4.76. The Morgan fingerprint density at radius 2 is 2.15 bits per heavy atom. The van der Waals surface area contributed by atoms with E-state index in [1.54, 1.807) is 17.1 Å². The minimum absolute atomic E-state index is 0.0145. The van der Waals surface area contributed by atoms with Crippen LogP contribution in [-0.4, -0.2) is 20.5 Å². The molecule has 1 aromatic carbocycles. The SMILES string of the molecule is CCc1nn(C)cc1C(=O)c1ccc2ncccc2c1. The molecule has 0 amide bonds. The molecule has 0 radical (unpaired) electrons. The number of aryl methyl sites for hydroxylation is 2. The average Bonchev–Trinajstić information content (AvgIpc) is 2.87. The molecule has 100 valence electrons. The minimum atomic E-state index is 0.0145. The van der Waals surface area contributed by atoms with Crippen LogP contribution in [0, 0.1) is 0 Å². The molecule has 20 heavy (non-hydrogen) atoms. The first-order chi connectivity index (χ1) is 9.69. The molecule has 0 aliphatic rings. The highest BCUT2D eigenvalue weighted by atomic mass is 16.1. The van der Waals surface area contributed by atoms with E-state index in [2.05, 4.69) is 10.1 Å². The van der Waals surface area contributed by atoms with Crippen LogP contribution in [0.2, 0.25) is 0 Å². The highest BCUT2D eigenvalue weighted by Gasteiger charge is 2.16. The van der Waals surface area contributed by atoms with Gasteiger partial charge in [0.25, 0.3) is 0 Å². The second-order valence-electron chi connectivity index (χ2n) is 4.76. The molecule has 0 unspecified atom stereocenters. The molecule has 0 saturated carbocycles. The lowest BCUT2D eigenvalue weighted by molar-refractivity contribution is 0.103. The van der Waals surface area contributed by atoms with Crippen LogP contribution in [0.1, 0.15) is 28.5 Å². The molecule has 0 spiro atoms. The third kappa shape index (κ3) is 2.09. The van der Waals surface area contributed by atoms with E-state index in [-0.39, 0.29) is 5.78 Å². The summed E-state index contributed by atoms with van der Waals surface area (Å²) in [6.07, 6.45) is 4.28. The number of aromatic nitrogens is 3. The first-order valence-corrected chi connectivity index (χ1v) is 6.61. The van der Waals surface area contributed by atoms with Gasteiger partial charge in [-0.3, -0.25) is 14.5 Å². The van der Waals surface area contributed by atoms with Gasteiger partial charge in [-0.15, -0.1) is 0 Å². The van der Waals surface area contributed by atoms with Crippen LogP contribution in [0.4, 0.5) is 0 Å². The maximum Gasteiger partial charge on any atom is 0.196 e. The predicted molar refractivity (Wildman–Crippen MR) is 77.8 cm³/mol. The van der Waals surface area contributed by atoms with Crippen LogP contribution in [-0.2, 0) is 13.5 Å². The normalized spacial score (nSPS) is 10.9. The molecule has 0 saturated heterocycles. The Labute approximate surface area is 117 Å². The van der Waals surface area contributed by atoms with Crippen LogP contribution in [0.5, 0.6) is 0 Å². The lowest BCUT2D eigenvalue weighted by Gasteiger charge is -2.02. The largest absolute Gasteiger partial charge is 0.288 e. The predicted octanol–water partition coefficient (Wildman–Crippen LogP) is 2.76. The maximum atomic E-state index is 12.6. The van der Waals surface area contributed by atoms with Gasteiger partial charge in [-0.25, -0.2) is 0 Å². The van der Waals surface area contributed by atoms with Gasteiger partial charge in [0.15, 0.2) is 5.78 Å². The number of hydrogen-bond acceptors (Lipinski definition) is 3. The summed E-state index contributed by atoms with van der Waals surface area (Å²) in [6, 6.07) is 9.42. The summed E-state index contributed by atoms with van der Waals surface area (Å²) in [5.74, 6) is 0.0145. The molecule has 3 rings (SSSR count). The smallest absolute Gasteiger partial charge is 0.196 e. The molecule has 2 aromatic heterocycles. The van der Waals surface area contributed by atoms with Crippen LogP contribution >= 0.6 is 0 Å². The number of benzene rings is 1. The van der Waals surface area contributed by atoms with Gasteiger partial charge in [-0.2, -0.15) is 5.10 Å². The number of pyridine rings is 1. The van der Waals surface area contributed by atoms with Crippen molar-refractivity contribution in [3.05, 3.63) is 59.5 Å². The Hall–Kier alpha value is -2.49. The van der Waals surface area contributed by atoms with Gasteiger partial charge in [0.2, 0.25) is 0 Å². The van der Waals surface area contributed by atoms with E-state index in [0.717, 1.165) is 23.0 Å². The van der Waals surface area contributed by atoms with Gasteiger partial charge in [-0.05, 0) is 30.7 Å². The van der Waals surface area contributed by atoms with Gasteiger partial charge in [0.1, 0.15) is 0 Å². The fourth-order valence-electron chi connectivity index (χ4n) is 2.36. The van der Waals surface area contributed by atoms with Crippen molar-refractivity contribution in [2.75, 3.05) is 0 Å². The second kappa shape index (κ2) is 4.89. The average molecular weight is 265 g/mol. The van der Waals surface area contributed by atoms with E-state index in [4.69, 9.17) is 0 Å². The number of carbonyl (C=O) groups excluding carboxylic acids is 1. The summed E-state index contributed by atoms with van der Waals surface area (Å²) in [7, 11) is 1.83. The van der Waals surface area contributed by atoms with Crippen LogP contribution in [0.3, 0.4) is 0 Å². The summed E-state index contributed by atoms with van der Waals surface area (Å²) in [6.45, 7) is 2.00. The lowest BCUT2D eigenvalue weighted by atomic mass is 10.0. The first kappa shape index (κ1) is 12.5. The number of carbonyl (C=O) groups is 1. The standard InChI is InChI=1S/C16H15N3O/c1-3-14-13(10-19(2)18-14)16(20)12-6-7-15-11(9-12)5-4-8-17-15/h4-10H,3H2,1-2H3. The van der Waals surface area contributed by atoms with Gasteiger partial charge in [-0.1, -0.05) is 13.0 Å². The molecular weight excluding hydrogens is 250 g/mol. The van der Waals surface area contributed by atoms with E-state index < -0.39 is 0 Å². The van der Waals surface area contributed by atoms with Crippen molar-refractivity contribution in [3.8, 4) is 0 Å². The van der Waals surface area contributed by atoms with Crippen molar-refractivity contribution in [2.45, 2.75) is 13.3 Å². The van der Waals surface area contributed by atoms with Gasteiger partial charge in [0, 0.05) is 30.4 Å². The molecule has 0 bridgehead atoms. The van der Waals surface area contributed by atoms with Crippen LogP contribution < -0.4 is 0 Å². The first-order valence-electron chi connectivity index (χ1n) is 6.61. The van der Waals surface area contributed by atoms with Crippen molar-refractivity contribution in [3.63, 3.8) is 0 Å². The van der Waals surface area contributed by atoms with Crippen molar-refractivity contribution in [2.24, 2.45) is 7.05 Å². The van der Waals surface area contributed by atoms with Crippen LogP contribution in [0.15, 0.2) is 42.7 Å². The van der Waals surface area contributed by atoms with Crippen molar-refractivity contribution in [1.29, 1.82) is 0 Å². The molecule has 0 aliphatic heterocycles. The molecule has 2 heterocycles. The fourth-order valence-corrected chi connectivity index (χ4v) is 2.36. The van der Waals surface area contributed by atoms with E-state index in [0.29, 0.717) is 11.1 Å². The van der Waals surface area contributed by atoms with Crippen molar-refractivity contribution >= 4 is 16.7 Å². The van der Waals surface area contributed by atoms with Crippen molar-refractivity contribution < 1.29 is 4.79 Å². The molecule has 4 nitrogen and oxygen atoms in total. The Kier molecular flexibility index (Phi) is 3.06. The topological polar surface area (TPSA) is 47.8 Å². The van der Waals surface area contributed by atoms with Gasteiger partial charge in [0.05, 0.1) is 16.8 Å². The summed E-state index contributed by atoms with van der Waals surface area (Å²) in [5, 5.41) is 5.29. The molecule has 0 atom stereocenters. The highest BCUT2D eigenvalue weighted by molar-refractivity contribution is 6.11. The summed E-state index contributed by atoms with van der Waals surface area (Å²) < 4.78 is 1.69. The van der Waals surface area contributed by atoms with E-state index >= 15 is 0 Å². The quantitative estimate of drug-likeness (QED) is 0.684. The highest BCUT2D eigenvalue weighted by Crippen LogP contribution is 2.18. The lowest BCUT2D eigenvalue weighted by Crippen LogP contribution is -2.03. The number of rotatable bonds is 3. The zero-order chi connectivity index (χ0) is 14.1. The van der Waals surface area contributed by atoms with Crippen LogP contribution in [0.25, 0.3) is 10.9 Å². The summed E-state index contributed by atoms with van der Waals surface area (Å²) in [4.78, 5) is 16.9. The molecule has 0 N–H and O–H groups in total. The number of ketones is 1. The van der Waals surface area contributed by atoms with E-state index in [1.807, 2.05) is 44.3 Å². The number of fused-ring (bicyclic) bond motifs is 1. The number of hydrogen-bond donors (Lipinski definition) is 0. The third-order valence-corrected chi connectivity index (χ3v) is 3.35. The molecule has 0 aliphatic carbocycles. The molecule has 0 fully saturated rings. The molecule has 4 heteroatoms. The Morgan fingerprint density at radius 3 is 2.95 bits per heavy atom. The number of nitrogens with zero attached hydrogens (tertiary/aromatic N) is 3. The Morgan fingerprint density at radius 1 is 1.30 bits per heavy atom. The van der Waals surface area contributed by atoms with E-state index in [1.165, 1.54) is 0 Å². The maximum absolute atomic E-state index is 12.6. The van der Waals surface area contributed by atoms with E-state index in [9.17, 15) is 4.79 Å². The molecule has 3 aromatic rings. The van der Waals surface area contributed by atoms with Gasteiger partial charge >= 0.3 is 0 Å². The minimum Gasteiger partial charge on any atom is -0.288 e. The summed E-state index contributed by atoms with van der Waals surface area (Å²) in [5.41, 5.74) is 3.08.